The van der Waals surface area contributed by atoms with Crippen LogP contribution in [0, 0.1) is 11.3 Å². The maximum absolute atomic E-state index is 8.79. The van der Waals surface area contributed by atoms with E-state index in [-0.39, 0.29) is 6.04 Å². The molecule has 0 saturated carbocycles. The minimum absolute atomic E-state index is 0.146. The lowest BCUT2D eigenvalue weighted by Gasteiger charge is -2.14. The Hall–Kier alpha value is -1.89. The van der Waals surface area contributed by atoms with Gasteiger partial charge in [0, 0.05) is 23.8 Å². The molecule has 0 unspecified atom stereocenters. The van der Waals surface area contributed by atoms with Crippen molar-refractivity contribution < 1.29 is 0 Å². The standard InChI is InChI=1S/C15H14ClN3/c1-11(15-4-2-3-7-18-15)19-10-13-6-5-12(9-17)8-14(13)16/h2-8,11,19H,10H2,1H3/t11-/m1/s1. The second kappa shape index (κ2) is 6.33. The van der Waals surface area contributed by atoms with Gasteiger partial charge in [-0.15, -0.1) is 0 Å². The molecule has 2 aromatic rings. The van der Waals surface area contributed by atoms with E-state index >= 15 is 0 Å². The van der Waals surface area contributed by atoms with Crippen molar-refractivity contribution in [3.63, 3.8) is 0 Å². The third kappa shape index (κ3) is 3.54. The zero-order chi connectivity index (χ0) is 13.7. The lowest BCUT2D eigenvalue weighted by atomic mass is 10.1. The van der Waals surface area contributed by atoms with Gasteiger partial charge in [0.25, 0.3) is 0 Å². The van der Waals surface area contributed by atoms with E-state index in [4.69, 9.17) is 16.9 Å². The summed E-state index contributed by atoms with van der Waals surface area (Å²) < 4.78 is 0. The first kappa shape index (κ1) is 13.5. The van der Waals surface area contributed by atoms with Gasteiger partial charge in [0.1, 0.15) is 0 Å². The van der Waals surface area contributed by atoms with Gasteiger partial charge in [-0.1, -0.05) is 23.7 Å². The van der Waals surface area contributed by atoms with Crippen LogP contribution in [0.1, 0.15) is 29.8 Å². The van der Waals surface area contributed by atoms with Crippen LogP contribution < -0.4 is 5.32 Å². The number of halogens is 1. The van der Waals surface area contributed by atoms with E-state index in [1.165, 1.54) is 0 Å². The SMILES string of the molecule is C[C@@H](NCc1ccc(C#N)cc1Cl)c1ccccn1. The molecule has 0 aliphatic heterocycles. The van der Waals surface area contributed by atoms with Crippen molar-refractivity contribution in [3.05, 3.63) is 64.4 Å². The van der Waals surface area contributed by atoms with Crippen molar-refractivity contribution in [2.45, 2.75) is 19.5 Å². The molecule has 1 aromatic heterocycles. The lowest BCUT2D eigenvalue weighted by Crippen LogP contribution is -2.19. The van der Waals surface area contributed by atoms with Crippen molar-refractivity contribution in [1.29, 1.82) is 5.26 Å². The Balaban J connectivity index is 2.01. The predicted molar refractivity (Wildman–Crippen MR) is 75.7 cm³/mol. The minimum atomic E-state index is 0.146. The first-order chi connectivity index (χ1) is 9.20. The number of nitrogens with zero attached hydrogens (tertiary/aromatic N) is 2. The highest BCUT2D eigenvalue weighted by molar-refractivity contribution is 6.31. The van der Waals surface area contributed by atoms with Crippen molar-refractivity contribution in [1.82, 2.24) is 10.3 Å². The van der Waals surface area contributed by atoms with Crippen LogP contribution in [-0.4, -0.2) is 4.98 Å². The van der Waals surface area contributed by atoms with Crippen molar-refractivity contribution >= 4 is 11.6 Å². The molecular weight excluding hydrogens is 258 g/mol. The fraction of sp³-hybridized carbons (Fsp3) is 0.200. The number of hydrogen-bond donors (Lipinski definition) is 1. The normalized spacial score (nSPS) is 11.8. The monoisotopic (exact) mass is 271 g/mol. The summed E-state index contributed by atoms with van der Waals surface area (Å²) in [4.78, 5) is 4.30. The van der Waals surface area contributed by atoms with Crippen molar-refractivity contribution in [2.75, 3.05) is 0 Å². The highest BCUT2D eigenvalue weighted by Gasteiger charge is 2.07. The molecule has 0 saturated heterocycles. The Morgan fingerprint density at radius 3 is 2.84 bits per heavy atom. The fourth-order valence-electron chi connectivity index (χ4n) is 1.76. The molecule has 1 atom stereocenters. The summed E-state index contributed by atoms with van der Waals surface area (Å²) in [5, 5.41) is 12.8. The third-order valence-corrected chi connectivity index (χ3v) is 3.26. The van der Waals surface area contributed by atoms with E-state index < -0.39 is 0 Å². The Bertz CT molecular complexity index is 590. The maximum atomic E-state index is 8.79. The average Bonchev–Trinajstić information content (AvgIpc) is 2.46. The van der Waals surface area contributed by atoms with Crippen LogP contribution in [-0.2, 0) is 6.54 Å². The van der Waals surface area contributed by atoms with Gasteiger partial charge >= 0.3 is 0 Å². The number of nitriles is 1. The summed E-state index contributed by atoms with van der Waals surface area (Å²) in [5.74, 6) is 0. The topological polar surface area (TPSA) is 48.7 Å². The molecule has 1 aromatic carbocycles. The smallest absolute Gasteiger partial charge is 0.0992 e. The molecule has 0 spiro atoms. The van der Waals surface area contributed by atoms with Gasteiger partial charge in [-0.3, -0.25) is 4.98 Å². The number of nitrogens with one attached hydrogen (secondary N) is 1. The van der Waals surface area contributed by atoms with E-state index in [2.05, 4.69) is 23.3 Å². The quantitative estimate of drug-likeness (QED) is 0.926. The minimum Gasteiger partial charge on any atom is -0.305 e. The van der Waals surface area contributed by atoms with E-state index in [1.807, 2.05) is 24.3 Å². The van der Waals surface area contributed by atoms with Crippen molar-refractivity contribution in [3.8, 4) is 6.07 Å². The summed E-state index contributed by atoms with van der Waals surface area (Å²) in [6.07, 6.45) is 1.78. The molecule has 0 fully saturated rings. The van der Waals surface area contributed by atoms with Gasteiger partial charge in [0.2, 0.25) is 0 Å². The molecule has 4 heteroatoms. The molecule has 0 bridgehead atoms. The van der Waals surface area contributed by atoms with Gasteiger partial charge < -0.3 is 5.32 Å². The molecule has 19 heavy (non-hydrogen) atoms. The zero-order valence-electron chi connectivity index (χ0n) is 10.6. The van der Waals surface area contributed by atoms with Gasteiger partial charge in [-0.05, 0) is 36.8 Å². The largest absolute Gasteiger partial charge is 0.305 e. The van der Waals surface area contributed by atoms with Gasteiger partial charge in [0.05, 0.1) is 17.3 Å². The third-order valence-electron chi connectivity index (χ3n) is 2.91. The first-order valence-electron chi connectivity index (χ1n) is 6.03. The highest BCUT2D eigenvalue weighted by Crippen LogP contribution is 2.18. The molecule has 1 heterocycles. The Morgan fingerprint density at radius 1 is 1.37 bits per heavy atom. The van der Waals surface area contributed by atoms with E-state index in [9.17, 15) is 0 Å². The van der Waals surface area contributed by atoms with Crippen LogP contribution in [0.5, 0.6) is 0 Å². The lowest BCUT2D eigenvalue weighted by molar-refractivity contribution is 0.561. The molecule has 0 aliphatic carbocycles. The Morgan fingerprint density at radius 2 is 2.21 bits per heavy atom. The second-order valence-electron chi connectivity index (χ2n) is 4.28. The summed E-state index contributed by atoms with van der Waals surface area (Å²) in [6.45, 7) is 2.70. The number of pyridine rings is 1. The van der Waals surface area contributed by atoms with E-state index in [1.54, 1.807) is 18.3 Å². The molecule has 0 amide bonds. The number of rotatable bonds is 4. The molecular formula is C15H14ClN3. The second-order valence-corrected chi connectivity index (χ2v) is 4.68. The summed E-state index contributed by atoms with van der Waals surface area (Å²) in [5.41, 5.74) is 2.54. The van der Waals surface area contributed by atoms with Gasteiger partial charge in [-0.2, -0.15) is 5.26 Å². The van der Waals surface area contributed by atoms with Crippen LogP contribution >= 0.6 is 11.6 Å². The number of hydrogen-bond acceptors (Lipinski definition) is 3. The van der Waals surface area contributed by atoms with Crippen LogP contribution in [0.3, 0.4) is 0 Å². The van der Waals surface area contributed by atoms with Crippen LogP contribution in [0.25, 0.3) is 0 Å². The van der Waals surface area contributed by atoms with Crippen LogP contribution in [0.15, 0.2) is 42.6 Å². The first-order valence-corrected chi connectivity index (χ1v) is 6.41. The van der Waals surface area contributed by atoms with Gasteiger partial charge in [-0.25, -0.2) is 0 Å². The summed E-state index contributed by atoms with van der Waals surface area (Å²) >= 11 is 6.13. The van der Waals surface area contributed by atoms with E-state index in [0.29, 0.717) is 17.1 Å². The van der Waals surface area contributed by atoms with Crippen molar-refractivity contribution in [2.24, 2.45) is 0 Å². The fourth-order valence-corrected chi connectivity index (χ4v) is 2.01. The van der Waals surface area contributed by atoms with Crippen LogP contribution in [0.4, 0.5) is 0 Å². The highest BCUT2D eigenvalue weighted by atomic mass is 35.5. The molecule has 0 aliphatic rings. The zero-order valence-corrected chi connectivity index (χ0v) is 11.4. The molecule has 1 N–H and O–H groups in total. The van der Waals surface area contributed by atoms with Crippen LogP contribution in [0.2, 0.25) is 5.02 Å². The summed E-state index contributed by atoms with van der Waals surface area (Å²) in [6, 6.07) is 13.4. The van der Waals surface area contributed by atoms with Gasteiger partial charge in [0.15, 0.2) is 0 Å². The number of aromatic nitrogens is 1. The Kier molecular flexibility index (Phi) is 4.51. The average molecular weight is 272 g/mol. The molecule has 2 rings (SSSR count). The number of benzene rings is 1. The Labute approximate surface area is 117 Å². The van der Waals surface area contributed by atoms with E-state index in [0.717, 1.165) is 11.3 Å². The maximum Gasteiger partial charge on any atom is 0.0992 e. The molecule has 0 radical (unpaired) electrons. The molecule has 96 valence electrons. The predicted octanol–water partition coefficient (Wildman–Crippen LogP) is 3.46. The summed E-state index contributed by atoms with van der Waals surface area (Å²) in [7, 11) is 0. The molecule has 3 nitrogen and oxygen atoms in total.